The predicted octanol–water partition coefficient (Wildman–Crippen LogP) is 2.69. The van der Waals surface area contributed by atoms with E-state index < -0.39 is 0 Å². The van der Waals surface area contributed by atoms with Crippen molar-refractivity contribution in [2.24, 2.45) is 4.99 Å². The molecule has 1 atom stereocenters. The third kappa shape index (κ3) is 5.26. The summed E-state index contributed by atoms with van der Waals surface area (Å²) in [5.41, 5.74) is 2.65. The Balaban J connectivity index is 1.37. The van der Waals surface area contributed by atoms with Crippen molar-refractivity contribution in [2.45, 2.75) is 44.8 Å². The van der Waals surface area contributed by atoms with Crippen molar-refractivity contribution in [2.75, 3.05) is 49.5 Å². The van der Waals surface area contributed by atoms with E-state index in [-0.39, 0.29) is 17.1 Å². The standard InChI is InChI=1S/C26H34N6O3/c1-26(2)15-18-13-21(30-25(33)20(16-27)24-28-6-4-7-29-24)22(14-23(18)35-26)32-10-8-31(9-11-32)17-19-5-3-12-34-19/h4,6-7,13-14,16,19,27-28H,3,5,8-12,15,17H2,1-2H3,(H,30,33)/b24-20-,27-16?. The largest absolute Gasteiger partial charge is 0.487 e. The van der Waals surface area contributed by atoms with Crippen molar-refractivity contribution in [3.8, 4) is 5.75 Å². The number of ether oxygens (including phenoxy) is 2. The van der Waals surface area contributed by atoms with Gasteiger partial charge in [0.2, 0.25) is 0 Å². The summed E-state index contributed by atoms with van der Waals surface area (Å²) in [7, 11) is 0. The third-order valence-electron chi connectivity index (χ3n) is 6.88. The average molecular weight is 479 g/mol. The van der Waals surface area contributed by atoms with Crippen molar-refractivity contribution in [1.82, 2.24) is 10.2 Å². The molecule has 2 saturated heterocycles. The van der Waals surface area contributed by atoms with Crippen molar-refractivity contribution in [3.63, 3.8) is 0 Å². The lowest BCUT2D eigenvalue weighted by molar-refractivity contribution is -0.112. The van der Waals surface area contributed by atoms with Crippen LogP contribution in [-0.4, -0.2) is 74.3 Å². The molecule has 0 spiro atoms. The highest BCUT2D eigenvalue weighted by Crippen LogP contribution is 2.42. The lowest BCUT2D eigenvalue weighted by Crippen LogP contribution is -2.48. The van der Waals surface area contributed by atoms with Gasteiger partial charge >= 0.3 is 0 Å². The summed E-state index contributed by atoms with van der Waals surface area (Å²) in [6, 6.07) is 4.09. The van der Waals surface area contributed by atoms with Gasteiger partial charge in [0.05, 0.1) is 23.1 Å². The normalized spacial score (nSPS) is 24.5. The first-order chi connectivity index (χ1) is 16.9. The first-order valence-electron chi connectivity index (χ1n) is 12.4. The Morgan fingerprint density at radius 2 is 2.14 bits per heavy atom. The van der Waals surface area contributed by atoms with Crippen LogP contribution >= 0.6 is 0 Å². The van der Waals surface area contributed by atoms with Gasteiger partial charge in [-0.25, -0.2) is 4.99 Å². The molecule has 0 saturated carbocycles. The van der Waals surface area contributed by atoms with E-state index in [2.05, 4.69) is 45.3 Å². The quantitative estimate of drug-likeness (QED) is 0.429. The van der Waals surface area contributed by atoms with Crippen LogP contribution in [0.15, 0.2) is 40.8 Å². The maximum atomic E-state index is 13.2. The molecule has 1 amide bonds. The number of carbonyl (C=O) groups excluding carboxylic acids is 1. The monoisotopic (exact) mass is 478 g/mol. The SMILES string of the molecule is CC1(C)Cc2cc(NC(=O)/C(C=N)=C3\N=CC=CN3)c(N3CCN(CC4CCCO4)CC3)cc2O1. The van der Waals surface area contributed by atoms with E-state index in [9.17, 15) is 4.79 Å². The van der Waals surface area contributed by atoms with Crippen LogP contribution in [0.25, 0.3) is 0 Å². The highest BCUT2D eigenvalue weighted by molar-refractivity contribution is 6.18. The molecular weight excluding hydrogens is 444 g/mol. The van der Waals surface area contributed by atoms with Crippen LogP contribution in [0.4, 0.5) is 11.4 Å². The molecule has 0 aliphatic carbocycles. The van der Waals surface area contributed by atoms with Crippen LogP contribution in [0.1, 0.15) is 32.3 Å². The van der Waals surface area contributed by atoms with Gasteiger partial charge in [-0.3, -0.25) is 9.69 Å². The van der Waals surface area contributed by atoms with Gasteiger partial charge in [-0.15, -0.1) is 0 Å². The minimum Gasteiger partial charge on any atom is -0.487 e. The molecule has 0 aromatic heterocycles. The van der Waals surface area contributed by atoms with Crippen molar-refractivity contribution in [1.29, 1.82) is 5.41 Å². The van der Waals surface area contributed by atoms with Gasteiger partial charge < -0.3 is 30.4 Å². The molecule has 5 rings (SSSR count). The van der Waals surface area contributed by atoms with Gasteiger partial charge in [0.15, 0.2) is 0 Å². The number of amides is 1. The second-order valence-corrected chi connectivity index (χ2v) is 10.1. The number of benzene rings is 1. The lowest BCUT2D eigenvalue weighted by atomic mass is 10.0. The molecule has 0 radical (unpaired) electrons. The van der Waals surface area contributed by atoms with E-state index in [0.717, 1.165) is 87.5 Å². The zero-order chi connectivity index (χ0) is 24.4. The molecule has 186 valence electrons. The number of anilines is 2. The third-order valence-corrected chi connectivity index (χ3v) is 6.88. The van der Waals surface area contributed by atoms with Crippen LogP contribution in [-0.2, 0) is 16.0 Å². The maximum absolute atomic E-state index is 13.2. The molecule has 1 aromatic carbocycles. The molecule has 0 bridgehead atoms. The second kappa shape index (κ2) is 9.83. The van der Waals surface area contributed by atoms with Gasteiger partial charge in [0.1, 0.15) is 17.2 Å². The summed E-state index contributed by atoms with van der Waals surface area (Å²) in [5.74, 6) is 0.861. The number of allylic oxidation sites excluding steroid dienone is 1. The zero-order valence-electron chi connectivity index (χ0n) is 20.5. The number of fused-ring (bicyclic) bond motifs is 1. The Kier molecular flexibility index (Phi) is 6.62. The van der Waals surface area contributed by atoms with E-state index in [1.807, 2.05) is 6.07 Å². The number of aliphatic imine (C=N–C) groups is 1. The van der Waals surface area contributed by atoms with E-state index in [1.165, 1.54) is 0 Å². The number of piperazine rings is 1. The molecular formula is C26H34N6O3. The smallest absolute Gasteiger partial charge is 0.261 e. The lowest BCUT2D eigenvalue weighted by Gasteiger charge is -2.38. The van der Waals surface area contributed by atoms with Gasteiger partial charge in [0, 0.05) is 76.0 Å². The second-order valence-electron chi connectivity index (χ2n) is 10.1. The minimum absolute atomic E-state index is 0.176. The fourth-order valence-electron chi connectivity index (χ4n) is 5.15. The predicted molar refractivity (Wildman–Crippen MR) is 138 cm³/mol. The molecule has 1 aromatic rings. The van der Waals surface area contributed by atoms with Crippen LogP contribution in [0.5, 0.6) is 5.75 Å². The Morgan fingerprint density at radius 1 is 1.31 bits per heavy atom. The molecule has 35 heavy (non-hydrogen) atoms. The number of rotatable bonds is 6. The summed E-state index contributed by atoms with van der Waals surface area (Å²) in [6.07, 6.45) is 9.49. The molecule has 1 unspecified atom stereocenters. The van der Waals surface area contributed by atoms with Crippen LogP contribution in [0.3, 0.4) is 0 Å². The highest BCUT2D eigenvalue weighted by atomic mass is 16.5. The van der Waals surface area contributed by atoms with Crippen LogP contribution in [0, 0.1) is 5.41 Å². The Labute approximate surface area is 206 Å². The number of hydrogen-bond acceptors (Lipinski definition) is 8. The summed E-state index contributed by atoms with van der Waals surface area (Å²) < 4.78 is 12.0. The Hall–Kier alpha value is -3.17. The van der Waals surface area contributed by atoms with E-state index >= 15 is 0 Å². The maximum Gasteiger partial charge on any atom is 0.261 e. The number of carbonyl (C=O) groups is 1. The van der Waals surface area contributed by atoms with Crippen LogP contribution < -0.4 is 20.3 Å². The topological polar surface area (TPSA) is 102 Å². The zero-order valence-corrected chi connectivity index (χ0v) is 20.5. The fraction of sp³-hybridized carbons (Fsp3) is 0.500. The number of nitrogens with one attached hydrogen (secondary N) is 3. The summed E-state index contributed by atoms with van der Waals surface area (Å²) in [6.45, 7) is 9.61. The molecule has 3 N–H and O–H groups in total. The van der Waals surface area contributed by atoms with Crippen LogP contribution in [0.2, 0.25) is 0 Å². The van der Waals surface area contributed by atoms with Gasteiger partial charge in [0.25, 0.3) is 5.91 Å². The summed E-state index contributed by atoms with van der Waals surface area (Å²) in [5, 5.41) is 13.8. The van der Waals surface area contributed by atoms with Crippen molar-refractivity contribution < 1.29 is 14.3 Å². The van der Waals surface area contributed by atoms with E-state index in [1.54, 1.807) is 18.5 Å². The molecule has 4 aliphatic heterocycles. The van der Waals surface area contributed by atoms with E-state index in [4.69, 9.17) is 14.9 Å². The summed E-state index contributed by atoms with van der Waals surface area (Å²) in [4.78, 5) is 22.2. The number of hydrogen-bond donors (Lipinski definition) is 3. The fourth-order valence-corrected chi connectivity index (χ4v) is 5.15. The van der Waals surface area contributed by atoms with Gasteiger partial charge in [-0.2, -0.15) is 0 Å². The van der Waals surface area contributed by atoms with Gasteiger partial charge in [-0.05, 0) is 38.8 Å². The molecule has 4 aliphatic rings. The van der Waals surface area contributed by atoms with Crippen molar-refractivity contribution in [3.05, 3.63) is 41.4 Å². The molecule has 9 heteroatoms. The number of nitrogens with zero attached hydrogens (tertiary/aromatic N) is 3. The van der Waals surface area contributed by atoms with Crippen molar-refractivity contribution >= 4 is 29.7 Å². The molecule has 9 nitrogen and oxygen atoms in total. The average Bonchev–Trinajstić information content (AvgIpc) is 3.46. The minimum atomic E-state index is -0.369. The first-order valence-corrected chi connectivity index (χ1v) is 12.4. The highest BCUT2D eigenvalue weighted by Gasteiger charge is 2.33. The molecule has 2 fully saturated rings. The van der Waals surface area contributed by atoms with Gasteiger partial charge in [-0.1, -0.05) is 0 Å². The molecule has 4 heterocycles. The first kappa shape index (κ1) is 23.6. The van der Waals surface area contributed by atoms with E-state index in [0.29, 0.717) is 11.9 Å². The Morgan fingerprint density at radius 3 is 2.83 bits per heavy atom. The summed E-state index contributed by atoms with van der Waals surface area (Å²) >= 11 is 0. The Bertz CT molecular complexity index is 1080.